The third kappa shape index (κ3) is 5.52. The molecule has 0 aliphatic rings. The van der Waals surface area contributed by atoms with Crippen molar-refractivity contribution < 1.29 is 18.3 Å². The van der Waals surface area contributed by atoms with Crippen molar-refractivity contribution in [2.75, 3.05) is 5.84 Å². The zero-order valence-corrected chi connectivity index (χ0v) is 17.6. The summed E-state index contributed by atoms with van der Waals surface area (Å²) in [5.41, 5.74) is 2.57. The van der Waals surface area contributed by atoms with Gasteiger partial charge in [0.2, 0.25) is 5.16 Å². The van der Waals surface area contributed by atoms with Gasteiger partial charge in [-0.1, -0.05) is 30.0 Å². The number of thioether (sulfide) groups is 1. The predicted molar refractivity (Wildman–Crippen MR) is 117 cm³/mol. The van der Waals surface area contributed by atoms with Crippen LogP contribution in [0, 0.1) is 0 Å². The molecule has 32 heavy (non-hydrogen) atoms. The number of aromatic nitrogens is 4. The summed E-state index contributed by atoms with van der Waals surface area (Å²) in [6.45, 7) is -2.47. The van der Waals surface area contributed by atoms with E-state index in [9.17, 15) is 8.78 Å². The second-order valence-electron chi connectivity index (χ2n) is 6.62. The first-order valence-electron chi connectivity index (χ1n) is 9.58. The fourth-order valence-corrected chi connectivity index (χ4v) is 3.64. The number of halogens is 2. The molecule has 2 heterocycles. The number of nitrogens with zero attached hydrogens (tertiary/aromatic N) is 4. The zero-order valence-electron chi connectivity index (χ0n) is 16.8. The van der Waals surface area contributed by atoms with Crippen molar-refractivity contribution in [3.8, 4) is 22.9 Å². The van der Waals surface area contributed by atoms with Gasteiger partial charge in [0.05, 0.1) is 5.69 Å². The lowest BCUT2D eigenvalue weighted by Crippen LogP contribution is -2.11. The molecule has 0 aliphatic heterocycles. The highest BCUT2D eigenvalue weighted by molar-refractivity contribution is 7.98. The van der Waals surface area contributed by atoms with Crippen molar-refractivity contribution in [1.29, 1.82) is 0 Å². The maximum absolute atomic E-state index is 12.3. The van der Waals surface area contributed by atoms with Gasteiger partial charge in [-0.05, 0) is 54.1 Å². The molecule has 0 saturated carbocycles. The Morgan fingerprint density at radius 1 is 0.938 bits per heavy atom. The van der Waals surface area contributed by atoms with Crippen LogP contribution in [0.3, 0.4) is 0 Å². The molecule has 10 heteroatoms. The largest absolute Gasteiger partial charge is 0.487 e. The Morgan fingerprint density at radius 3 is 2.38 bits per heavy atom. The number of nitrogen functional groups attached to an aromatic ring is 1. The molecule has 2 aromatic heterocycles. The Balaban J connectivity index is 1.33. The molecular weight excluding hydrogens is 436 g/mol. The lowest BCUT2D eigenvalue weighted by atomic mass is 10.2. The molecule has 2 aromatic carbocycles. The van der Waals surface area contributed by atoms with Gasteiger partial charge in [-0.25, -0.2) is 4.68 Å². The van der Waals surface area contributed by atoms with Gasteiger partial charge in [0.1, 0.15) is 18.1 Å². The summed E-state index contributed by atoms with van der Waals surface area (Å²) in [6.07, 6.45) is 1.73. The summed E-state index contributed by atoms with van der Waals surface area (Å²) in [7, 11) is 0. The second-order valence-corrected chi connectivity index (χ2v) is 7.56. The van der Waals surface area contributed by atoms with Crippen molar-refractivity contribution in [3.05, 3.63) is 84.2 Å². The highest BCUT2D eigenvalue weighted by Gasteiger charge is 2.13. The molecule has 0 radical (unpaired) electrons. The topological polar surface area (TPSA) is 88.1 Å². The highest BCUT2D eigenvalue weighted by atomic mass is 32.2. The minimum Gasteiger partial charge on any atom is -0.487 e. The second kappa shape index (κ2) is 10.1. The van der Waals surface area contributed by atoms with E-state index < -0.39 is 6.61 Å². The fourth-order valence-electron chi connectivity index (χ4n) is 2.83. The Bertz CT molecular complexity index is 1140. The molecule has 0 saturated heterocycles. The molecule has 164 valence electrons. The first-order valence-corrected chi connectivity index (χ1v) is 10.6. The molecule has 0 bridgehead atoms. The molecule has 2 N–H and O–H groups in total. The Labute approximate surface area is 187 Å². The average Bonchev–Trinajstić information content (AvgIpc) is 3.18. The maximum atomic E-state index is 12.3. The van der Waals surface area contributed by atoms with Gasteiger partial charge in [0.15, 0.2) is 5.82 Å². The zero-order chi connectivity index (χ0) is 22.3. The smallest absolute Gasteiger partial charge is 0.387 e. The Kier molecular flexibility index (Phi) is 6.81. The number of benzene rings is 2. The van der Waals surface area contributed by atoms with Crippen LogP contribution in [0.5, 0.6) is 11.5 Å². The van der Waals surface area contributed by atoms with Gasteiger partial charge in [0.25, 0.3) is 0 Å². The van der Waals surface area contributed by atoms with E-state index in [0.29, 0.717) is 28.9 Å². The molecule has 0 fully saturated rings. The third-order valence-electron chi connectivity index (χ3n) is 4.41. The van der Waals surface area contributed by atoms with E-state index in [-0.39, 0.29) is 5.75 Å². The molecular formula is C22H19F2N5O2S. The first-order chi connectivity index (χ1) is 15.6. The summed E-state index contributed by atoms with van der Waals surface area (Å²) >= 11 is 1.43. The predicted octanol–water partition coefficient (Wildman–Crippen LogP) is 4.53. The summed E-state index contributed by atoms with van der Waals surface area (Å²) in [6, 6.07) is 19.5. The van der Waals surface area contributed by atoms with Gasteiger partial charge in [-0.2, -0.15) is 8.78 Å². The van der Waals surface area contributed by atoms with Crippen LogP contribution in [-0.4, -0.2) is 26.5 Å². The number of hydrogen-bond acceptors (Lipinski definition) is 7. The molecule has 0 atom stereocenters. The van der Waals surface area contributed by atoms with E-state index in [2.05, 4.69) is 19.9 Å². The maximum Gasteiger partial charge on any atom is 0.387 e. The number of ether oxygens (including phenoxy) is 2. The third-order valence-corrected chi connectivity index (χ3v) is 5.42. The average molecular weight is 455 g/mol. The van der Waals surface area contributed by atoms with Crippen molar-refractivity contribution in [2.24, 2.45) is 0 Å². The van der Waals surface area contributed by atoms with Gasteiger partial charge in [-0.15, -0.1) is 10.2 Å². The quantitative estimate of drug-likeness (QED) is 0.293. The molecule has 4 aromatic rings. The van der Waals surface area contributed by atoms with Crippen LogP contribution in [0.2, 0.25) is 0 Å². The number of pyridine rings is 1. The molecule has 7 nitrogen and oxygen atoms in total. The first kappa shape index (κ1) is 21.6. The summed E-state index contributed by atoms with van der Waals surface area (Å²) in [4.78, 5) is 4.23. The normalized spacial score (nSPS) is 11.0. The number of alkyl halides is 2. The van der Waals surface area contributed by atoms with Crippen molar-refractivity contribution in [2.45, 2.75) is 24.1 Å². The van der Waals surface area contributed by atoms with E-state index in [4.69, 9.17) is 10.6 Å². The lowest BCUT2D eigenvalue weighted by molar-refractivity contribution is -0.0498. The summed E-state index contributed by atoms with van der Waals surface area (Å²) < 4.78 is 36.0. The molecule has 0 amide bonds. The standard InChI is InChI=1S/C22H19F2N5O2S/c23-21(24)31-19-10-6-16(7-11-19)20-27-28-22(29(20)25)32-14-15-4-8-18(9-5-15)30-13-17-3-1-2-12-26-17/h1-12,21H,13-14,25H2. The van der Waals surface area contributed by atoms with E-state index in [1.54, 1.807) is 18.3 Å². The van der Waals surface area contributed by atoms with Crippen LogP contribution in [0.1, 0.15) is 11.3 Å². The van der Waals surface area contributed by atoms with Crippen LogP contribution in [0.25, 0.3) is 11.4 Å². The van der Waals surface area contributed by atoms with Gasteiger partial charge >= 0.3 is 6.61 Å². The van der Waals surface area contributed by atoms with Gasteiger partial charge in [-0.3, -0.25) is 4.98 Å². The van der Waals surface area contributed by atoms with E-state index in [1.807, 2.05) is 42.5 Å². The minimum absolute atomic E-state index is 0.0638. The molecule has 0 spiro atoms. The number of rotatable bonds is 9. The van der Waals surface area contributed by atoms with Crippen molar-refractivity contribution >= 4 is 11.8 Å². The SMILES string of the molecule is Nn1c(SCc2ccc(OCc3ccccn3)cc2)nnc1-c1ccc(OC(F)F)cc1. The molecule has 4 rings (SSSR count). The van der Waals surface area contributed by atoms with E-state index in [0.717, 1.165) is 17.0 Å². The van der Waals surface area contributed by atoms with Crippen molar-refractivity contribution in [3.63, 3.8) is 0 Å². The minimum atomic E-state index is -2.87. The van der Waals surface area contributed by atoms with Crippen LogP contribution >= 0.6 is 11.8 Å². The van der Waals surface area contributed by atoms with E-state index in [1.165, 1.54) is 28.6 Å². The monoisotopic (exact) mass is 455 g/mol. The summed E-state index contributed by atoms with van der Waals surface area (Å²) in [5, 5.41) is 8.77. The molecule has 0 aliphatic carbocycles. The lowest BCUT2D eigenvalue weighted by Gasteiger charge is -2.07. The Morgan fingerprint density at radius 2 is 1.69 bits per heavy atom. The van der Waals surface area contributed by atoms with Crippen LogP contribution in [-0.2, 0) is 12.4 Å². The van der Waals surface area contributed by atoms with Crippen LogP contribution in [0.15, 0.2) is 78.1 Å². The summed E-state index contributed by atoms with van der Waals surface area (Å²) in [5.74, 6) is 8.01. The molecule has 0 unspecified atom stereocenters. The van der Waals surface area contributed by atoms with E-state index >= 15 is 0 Å². The van der Waals surface area contributed by atoms with Gasteiger partial charge < -0.3 is 15.3 Å². The highest BCUT2D eigenvalue weighted by Crippen LogP contribution is 2.26. The number of hydrogen-bond donors (Lipinski definition) is 1. The van der Waals surface area contributed by atoms with Crippen molar-refractivity contribution in [1.82, 2.24) is 19.9 Å². The van der Waals surface area contributed by atoms with Crippen LogP contribution in [0.4, 0.5) is 8.78 Å². The van der Waals surface area contributed by atoms with Gasteiger partial charge in [0, 0.05) is 17.5 Å². The number of nitrogens with two attached hydrogens (primary N) is 1. The Hall–Kier alpha value is -3.66. The fraction of sp³-hybridized carbons (Fsp3) is 0.136. The van der Waals surface area contributed by atoms with Crippen LogP contribution < -0.4 is 15.3 Å².